The Hall–Kier alpha value is -1.95. The van der Waals surface area contributed by atoms with E-state index in [1.165, 1.54) is 11.3 Å². The highest BCUT2D eigenvalue weighted by atomic mass is 16.1. The number of nitrogens with one attached hydrogen (secondary N) is 1. The number of carbonyl (C=O) groups is 1. The normalized spacial score (nSPS) is 11.1. The van der Waals surface area contributed by atoms with Crippen molar-refractivity contribution in [1.29, 1.82) is 0 Å². The largest absolute Gasteiger partial charge is 0.378 e. The highest BCUT2D eigenvalue weighted by Crippen LogP contribution is 2.13. The summed E-state index contributed by atoms with van der Waals surface area (Å²) in [6, 6.07) is 8.42. The third kappa shape index (κ3) is 4.50. The van der Waals surface area contributed by atoms with Crippen LogP contribution in [-0.4, -0.2) is 26.0 Å². The Kier molecular flexibility index (Phi) is 5.26. The Labute approximate surface area is 109 Å². The van der Waals surface area contributed by atoms with Gasteiger partial charge in [0.15, 0.2) is 0 Å². The van der Waals surface area contributed by atoms with Crippen molar-refractivity contribution in [3.8, 4) is 11.8 Å². The van der Waals surface area contributed by atoms with Gasteiger partial charge in [-0.25, -0.2) is 0 Å². The van der Waals surface area contributed by atoms with E-state index in [1.54, 1.807) is 6.92 Å². The summed E-state index contributed by atoms with van der Waals surface area (Å²) in [6.07, 6.45) is 0.810. The highest BCUT2D eigenvalue weighted by Gasteiger charge is 2.06. The zero-order valence-electron chi connectivity index (χ0n) is 11.4. The Bertz CT molecular complexity index is 452. The van der Waals surface area contributed by atoms with Crippen molar-refractivity contribution in [2.75, 3.05) is 19.0 Å². The first-order valence-corrected chi connectivity index (χ1v) is 6.02. The summed E-state index contributed by atoms with van der Waals surface area (Å²) in [6.45, 7) is 3.64. The summed E-state index contributed by atoms with van der Waals surface area (Å²) >= 11 is 0. The first-order chi connectivity index (χ1) is 8.52. The molecule has 0 saturated heterocycles. The molecule has 96 valence electrons. The van der Waals surface area contributed by atoms with Crippen LogP contribution in [0, 0.1) is 11.8 Å². The van der Waals surface area contributed by atoms with E-state index < -0.39 is 0 Å². The van der Waals surface area contributed by atoms with Gasteiger partial charge < -0.3 is 10.2 Å². The van der Waals surface area contributed by atoms with Gasteiger partial charge in [0, 0.05) is 25.8 Å². The molecule has 18 heavy (non-hydrogen) atoms. The van der Waals surface area contributed by atoms with Crippen molar-refractivity contribution in [3.63, 3.8) is 0 Å². The first-order valence-electron chi connectivity index (χ1n) is 6.02. The van der Waals surface area contributed by atoms with Gasteiger partial charge in [-0.15, -0.1) is 0 Å². The molecule has 0 saturated carbocycles. The Balaban J connectivity index is 2.56. The molecule has 0 fully saturated rings. The van der Waals surface area contributed by atoms with E-state index in [2.05, 4.69) is 46.3 Å². The maximum absolute atomic E-state index is 11.3. The lowest BCUT2D eigenvalue weighted by Crippen LogP contribution is -2.33. The van der Waals surface area contributed by atoms with Crippen molar-refractivity contribution >= 4 is 11.6 Å². The second kappa shape index (κ2) is 6.70. The van der Waals surface area contributed by atoms with Crippen LogP contribution in [0.2, 0.25) is 0 Å². The van der Waals surface area contributed by atoms with Gasteiger partial charge in [-0.3, -0.25) is 4.79 Å². The van der Waals surface area contributed by atoms with Crippen LogP contribution >= 0.6 is 0 Å². The Morgan fingerprint density at radius 2 is 1.94 bits per heavy atom. The molecule has 0 radical (unpaired) electrons. The van der Waals surface area contributed by atoms with Gasteiger partial charge in [-0.2, -0.15) is 0 Å². The summed E-state index contributed by atoms with van der Waals surface area (Å²) in [4.78, 5) is 13.4. The third-order valence-electron chi connectivity index (χ3n) is 2.61. The molecule has 0 aliphatic carbocycles. The van der Waals surface area contributed by atoms with Gasteiger partial charge in [0.2, 0.25) is 0 Å². The summed E-state index contributed by atoms with van der Waals surface area (Å²) in [5.41, 5.74) is 2.38. The standard InChI is InChI=1S/C15H20N2O/c1-5-6-15(18)16-12(2)11-13-7-9-14(10-8-13)17(3)4/h7-10,12H,11H2,1-4H3,(H,16,18). The molecule has 1 amide bonds. The van der Waals surface area contributed by atoms with Crippen LogP contribution < -0.4 is 10.2 Å². The van der Waals surface area contributed by atoms with Crippen molar-refractivity contribution in [2.45, 2.75) is 26.3 Å². The predicted molar refractivity (Wildman–Crippen MR) is 75.5 cm³/mol. The highest BCUT2D eigenvalue weighted by molar-refractivity contribution is 5.93. The zero-order valence-corrected chi connectivity index (χ0v) is 11.4. The average Bonchev–Trinajstić information content (AvgIpc) is 2.29. The lowest BCUT2D eigenvalue weighted by Gasteiger charge is -2.15. The van der Waals surface area contributed by atoms with Gasteiger partial charge in [-0.1, -0.05) is 18.1 Å². The lowest BCUT2D eigenvalue weighted by molar-refractivity contribution is -0.116. The van der Waals surface area contributed by atoms with E-state index in [9.17, 15) is 4.79 Å². The van der Waals surface area contributed by atoms with Gasteiger partial charge >= 0.3 is 0 Å². The topological polar surface area (TPSA) is 32.3 Å². The van der Waals surface area contributed by atoms with Crippen LogP contribution in [0.3, 0.4) is 0 Å². The second-order valence-corrected chi connectivity index (χ2v) is 4.51. The molecule has 0 aromatic heterocycles. The monoisotopic (exact) mass is 244 g/mol. The summed E-state index contributed by atoms with van der Waals surface area (Å²) in [5.74, 6) is 4.86. The Morgan fingerprint density at radius 1 is 1.33 bits per heavy atom. The fourth-order valence-corrected chi connectivity index (χ4v) is 1.71. The summed E-state index contributed by atoms with van der Waals surface area (Å²) < 4.78 is 0. The molecule has 3 nitrogen and oxygen atoms in total. The molecule has 3 heteroatoms. The number of nitrogens with zero attached hydrogens (tertiary/aromatic N) is 1. The van der Waals surface area contributed by atoms with E-state index in [0.717, 1.165) is 6.42 Å². The average molecular weight is 244 g/mol. The molecule has 1 rings (SSSR count). The SMILES string of the molecule is CC#CC(=O)NC(C)Cc1ccc(N(C)C)cc1. The fourth-order valence-electron chi connectivity index (χ4n) is 1.71. The maximum Gasteiger partial charge on any atom is 0.296 e. The Morgan fingerprint density at radius 3 is 2.44 bits per heavy atom. The van der Waals surface area contributed by atoms with Crippen molar-refractivity contribution in [2.24, 2.45) is 0 Å². The molecule has 0 heterocycles. The third-order valence-corrected chi connectivity index (χ3v) is 2.61. The molecule has 0 spiro atoms. The fraction of sp³-hybridized carbons (Fsp3) is 0.400. The van der Waals surface area contributed by atoms with Crippen LogP contribution in [0.15, 0.2) is 24.3 Å². The quantitative estimate of drug-likeness (QED) is 0.819. The number of rotatable bonds is 4. The van der Waals surface area contributed by atoms with Crippen molar-refractivity contribution in [1.82, 2.24) is 5.32 Å². The lowest BCUT2D eigenvalue weighted by atomic mass is 10.1. The van der Waals surface area contributed by atoms with Gasteiger partial charge in [0.05, 0.1) is 0 Å². The number of amides is 1. The van der Waals surface area contributed by atoms with E-state index in [4.69, 9.17) is 0 Å². The molecule has 1 unspecified atom stereocenters. The molecule has 1 atom stereocenters. The number of hydrogen-bond acceptors (Lipinski definition) is 2. The maximum atomic E-state index is 11.3. The first kappa shape index (κ1) is 14.1. The molecule has 1 aromatic rings. The van der Waals surface area contributed by atoms with E-state index in [1.807, 2.05) is 21.0 Å². The molecule has 0 bridgehead atoms. The van der Waals surface area contributed by atoms with E-state index >= 15 is 0 Å². The van der Waals surface area contributed by atoms with Gasteiger partial charge in [-0.05, 0) is 43.9 Å². The zero-order chi connectivity index (χ0) is 13.5. The number of hydrogen-bond donors (Lipinski definition) is 1. The van der Waals surface area contributed by atoms with Crippen LogP contribution in [0.1, 0.15) is 19.4 Å². The molecular weight excluding hydrogens is 224 g/mol. The predicted octanol–water partition coefficient (Wildman–Crippen LogP) is 1.82. The minimum atomic E-state index is -0.213. The summed E-state index contributed by atoms with van der Waals surface area (Å²) in [7, 11) is 4.03. The van der Waals surface area contributed by atoms with E-state index in [0.29, 0.717) is 0 Å². The second-order valence-electron chi connectivity index (χ2n) is 4.51. The molecule has 1 N–H and O–H groups in total. The molecular formula is C15H20N2O. The molecule has 0 aliphatic rings. The molecule has 1 aromatic carbocycles. The number of benzene rings is 1. The molecule has 0 aliphatic heterocycles. The van der Waals surface area contributed by atoms with Crippen molar-refractivity contribution < 1.29 is 4.79 Å². The van der Waals surface area contributed by atoms with Crippen LogP contribution in [0.4, 0.5) is 5.69 Å². The van der Waals surface area contributed by atoms with Crippen LogP contribution in [0.5, 0.6) is 0 Å². The number of anilines is 1. The minimum Gasteiger partial charge on any atom is -0.378 e. The summed E-state index contributed by atoms with van der Waals surface area (Å²) in [5, 5.41) is 2.84. The minimum absolute atomic E-state index is 0.0866. The van der Waals surface area contributed by atoms with Crippen molar-refractivity contribution in [3.05, 3.63) is 29.8 Å². The number of carbonyl (C=O) groups excluding carboxylic acids is 1. The van der Waals surface area contributed by atoms with Gasteiger partial charge in [0.1, 0.15) is 0 Å². The smallest absolute Gasteiger partial charge is 0.296 e. The van der Waals surface area contributed by atoms with Gasteiger partial charge in [0.25, 0.3) is 5.91 Å². The van der Waals surface area contributed by atoms with Crippen LogP contribution in [0.25, 0.3) is 0 Å². The van der Waals surface area contributed by atoms with Crippen LogP contribution in [-0.2, 0) is 11.2 Å². The van der Waals surface area contributed by atoms with E-state index in [-0.39, 0.29) is 11.9 Å².